The van der Waals surface area contributed by atoms with Gasteiger partial charge in [-0.25, -0.2) is 0 Å². The van der Waals surface area contributed by atoms with Crippen LogP contribution in [-0.2, 0) is 18.9 Å². The predicted octanol–water partition coefficient (Wildman–Crippen LogP) is 1.30. The topological polar surface area (TPSA) is 97.6 Å². The number of aliphatic hydroxyl groups excluding tert-OH is 3. The van der Waals surface area contributed by atoms with Crippen molar-refractivity contribution in [1.82, 2.24) is 0 Å². The number of hydrogen-bond donors (Lipinski definition) is 3. The summed E-state index contributed by atoms with van der Waals surface area (Å²) in [5, 5.41) is 31.5. The fourth-order valence-electron chi connectivity index (χ4n) is 3.48. The molecule has 2 unspecified atom stereocenters. The lowest BCUT2D eigenvalue weighted by Gasteiger charge is -2.42. The molecule has 2 aliphatic rings. The van der Waals surface area contributed by atoms with Crippen molar-refractivity contribution in [3.63, 3.8) is 0 Å². The van der Waals surface area contributed by atoms with Crippen LogP contribution in [0.5, 0.6) is 0 Å². The van der Waals surface area contributed by atoms with Crippen molar-refractivity contribution in [2.45, 2.75) is 43.1 Å². The van der Waals surface area contributed by atoms with E-state index in [1.807, 2.05) is 60.7 Å². The van der Waals surface area contributed by atoms with Gasteiger partial charge in [0.05, 0.1) is 13.2 Å². The molecule has 2 heterocycles. The molecule has 7 heteroatoms. The van der Waals surface area contributed by atoms with Crippen LogP contribution in [0.4, 0.5) is 0 Å². The van der Waals surface area contributed by atoms with E-state index in [2.05, 4.69) is 0 Å². The minimum absolute atomic E-state index is 0.00270. The van der Waals surface area contributed by atoms with Gasteiger partial charge in [-0.1, -0.05) is 60.7 Å². The van der Waals surface area contributed by atoms with Gasteiger partial charge in [0.2, 0.25) is 0 Å². The Morgan fingerprint density at radius 1 is 0.679 bits per heavy atom. The fourth-order valence-corrected chi connectivity index (χ4v) is 3.48. The Morgan fingerprint density at radius 3 is 1.46 bits per heavy atom. The molecule has 2 aromatic rings. The minimum atomic E-state index is -1.27. The lowest BCUT2D eigenvalue weighted by molar-refractivity contribution is -0.318. The average Bonchev–Trinajstić information content (AvgIpc) is 2.75. The van der Waals surface area contributed by atoms with Crippen molar-refractivity contribution in [3.05, 3.63) is 71.8 Å². The van der Waals surface area contributed by atoms with E-state index in [0.29, 0.717) is 0 Å². The molecule has 0 amide bonds. The Labute approximate surface area is 163 Å². The Hall–Kier alpha value is -1.84. The van der Waals surface area contributed by atoms with Crippen molar-refractivity contribution in [1.29, 1.82) is 0 Å². The van der Waals surface area contributed by atoms with Crippen LogP contribution in [0, 0.1) is 0 Å². The van der Waals surface area contributed by atoms with E-state index < -0.39 is 43.1 Å². The molecule has 0 aliphatic carbocycles. The van der Waals surface area contributed by atoms with Gasteiger partial charge >= 0.3 is 0 Å². The number of aliphatic hydroxyl groups is 3. The van der Waals surface area contributed by atoms with Gasteiger partial charge in [-0.15, -0.1) is 0 Å². The molecule has 150 valence electrons. The first-order valence-electron chi connectivity index (χ1n) is 9.31. The first kappa shape index (κ1) is 19.5. The molecule has 2 aromatic carbocycles. The number of benzene rings is 2. The van der Waals surface area contributed by atoms with Crippen LogP contribution in [0.25, 0.3) is 0 Å². The lowest BCUT2D eigenvalue weighted by atomic mass is 9.97. The van der Waals surface area contributed by atoms with E-state index in [-0.39, 0.29) is 13.2 Å². The van der Waals surface area contributed by atoms with Crippen LogP contribution in [0.2, 0.25) is 0 Å². The zero-order valence-corrected chi connectivity index (χ0v) is 15.2. The largest absolute Gasteiger partial charge is 0.388 e. The van der Waals surface area contributed by atoms with Crippen LogP contribution in [0.3, 0.4) is 0 Å². The van der Waals surface area contributed by atoms with Crippen molar-refractivity contribution in [2.24, 2.45) is 0 Å². The first-order valence-corrected chi connectivity index (χ1v) is 9.31. The molecule has 0 bridgehead atoms. The Kier molecular flexibility index (Phi) is 6.03. The number of rotatable bonds is 4. The Balaban J connectivity index is 1.48. The Morgan fingerprint density at radius 2 is 1.07 bits per heavy atom. The lowest BCUT2D eigenvalue weighted by Crippen LogP contribution is -2.57. The van der Waals surface area contributed by atoms with Gasteiger partial charge in [0, 0.05) is 11.1 Å². The Bertz CT molecular complexity index is 677. The molecule has 7 atom stereocenters. The summed E-state index contributed by atoms with van der Waals surface area (Å²) in [6.45, 7) is 0.00539. The quantitative estimate of drug-likeness (QED) is 0.726. The summed E-state index contributed by atoms with van der Waals surface area (Å²) in [4.78, 5) is 0. The first-order chi connectivity index (χ1) is 13.6. The van der Waals surface area contributed by atoms with Crippen molar-refractivity contribution in [2.75, 3.05) is 13.2 Å². The second-order valence-electron chi connectivity index (χ2n) is 6.98. The van der Waals surface area contributed by atoms with Gasteiger partial charge in [-0.3, -0.25) is 0 Å². The van der Waals surface area contributed by atoms with E-state index in [0.717, 1.165) is 11.1 Å². The molecule has 7 nitrogen and oxygen atoms in total. The maximum absolute atomic E-state index is 10.9. The maximum Gasteiger partial charge on any atom is 0.184 e. The monoisotopic (exact) mass is 388 g/mol. The highest BCUT2D eigenvalue weighted by molar-refractivity contribution is 5.17. The minimum Gasteiger partial charge on any atom is -0.388 e. The molecule has 0 spiro atoms. The molecular weight excluding hydrogens is 364 g/mol. The van der Waals surface area contributed by atoms with Crippen LogP contribution >= 0.6 is 0 Å². The van der Waals surface area contributed by atoms with E-state index in [4.69, 9.17) is 18.9 Å². The predicted molar refractivity (Wildman–Crippen MR) is 98.0 cm³/mol. The average molecular weight is 388 g/mol. The summed E-state index contributed by atoms with van der Waals surface area (Å²) in [5.41, 5.74) is 1.56. The van der Waals surface area contributed by atoms with E-state index in [1.54, 1.807) is 0 Å². The molecule has 28 heavy (non-hydrogen) atoms. The molecule has 0 radical (unpaired) electrons. The molecule has 2 aliphatic heterocycles. The van der Waals surface area contributed by atoms with Gasteiger partial charge in [0.1, 0.15) is 30.5 Å². The zero-order valence-electron chi connectivity index (χ0n) is 15.2. The molecule has 0 saturated carbocycles. The molecule has 0 aromatic heterocycles. The third-order valence-electron chi connectivity index (χ3n) is 4.97. The summed E-state index contributed by atoms with van der Waals surface area (Å²) in [6.07, 6.45) is -6.76. The van der Waals surface area contributed by atoms with Gasteiger partial charge < -0.3 is 34.3 Å². The van der Waals surface area contributed by atoms with Crippen molar-refractivity contribution in [3.8, 4) is 0 Å². The molecule has 3 N–H and O–H groups in total. The molecular formula is C21H24O7. The van der Waals surface area contributed by atoms with Gasteiger partial charge in [-0.2, -0.15) is 0 Å². The van der Waals surface area contributed by atoms with Gasteiger partial charge in [0.25, 0.3) is 0 Å². The smallest absolute Gasteiger partial charge is 0.184 e. The molecule has 2 saturated heterocycles. The highest BCUT2D eigenvalue weighted by atomic mass is 16.7. The highest BCUT2D eigenvalue weighted by Gasteiger charge is 2.45. The SMILES string of the molecule is O[C@@H]([C@@H]1OC(c2ccccc2)OC[C@H]1O)[C@@H]1OC(c2ccccc2)OC[C@@H]1O. The summed E-state index contributed by atoms with van der Waals surface area (Å²) in [5.74, 6) is 0. The summed E-state index contributed by atoms with van der Waals surface area (Å²) in [7, 11) is 0. The second kappa shape index (κ2) is 8.67. The van der Waals surface area contributed by atoms with Gasteiger partial charge in [-0.05, 0) is 0 Å². The van der Waals surface area contributed by atoms with E-state index >= 15 is 0 Å². The van der Waals surface area contributed by atoms with Crippen molar-refractivity contribution < 1.29 is 34.3 Å². The summed E-state index contributed by atoms with van der Waals surface area (Å²) >= 11 is 0. The van der Waals surface area contributed by atoms with Crippen molar-refractivity contribution >= 4 is 0 Å². The van der Waals surface area contributed by atoms with Gasteiger partial charge in [0.15, 0.2) is 12.6 Å². The second-order valence-corrected chi connectivity index (χ2v) is 6.98. The number of hydrogen-bond acceptors (Lipinski definition) is 7. The van der Waals surface area contributed by atoms with Crippen LogP contribution in [0.1, 0.15) is 23.7 Å². The maximum atomic E-state index is 10.9. The van der Waals surface area contributed by atoms with Crippen LogP contribution < -0.4 is 0 Å². The summed E-state index contributed by atoms with van der Waals surface area (Å²) in [6, 6.07) is 18.6. The molecule has 4 rings (SSSR count). The highest BCUT2D eigenvalue weighted by Crippen LogP contribution is 2.33. The molecule has 2 fully saturated rings. The third-order valence-corrected chi connectivity index (χ3v) is 4.97. The third kappa shape index (κ3) is 4.11. The van der Waals surface area contributed by atoms with E-state index in [1.165, 1.54) is 0 Å². The standard InChI is InChI=1S/C21H24O7/c22-15-11-25-20(13-7-3-1-4-8-13)27-18(15)17(24)19-16(23)12-26-21(28-19)14-9-5-2-6-10-14/h1-10,15-24H,11-12H2/t15-,16+,17+,18-,19-,20?,21?/m1/s1. The summed E-state index contributed by atoms with van der Waals surface area (Å²) < 4.78 is 22.8. The zero-order chi connectivity index (χ0) is 19.5. The normalized spacial score (nSPS) is 34.7. The fraction of sp³-hybridized carbons (Fsp3) is 0.429. The van der Waals surface area contributed by atoms with Crippen LogP contribution in [-0.4, -0.2) is 59.1 Å². The van der Waals surface area contributed by atoms with Crippen LogP contribution in [0.15, 0.2) is 60.7 Å². The van der Waals surface area contributed by atoms with E-state index in [9.17, 15) is 15.3 Å². The number of ether oxygens (including phenoxy) is 4.